The van der Waals surface area contributed by atoms with Crippen LogP contribution in [0.4, 0.5) is 0 Å². The molecule has 0 amide bonds. The second kappa shape index (κ2) is 30.3. The van der Waals surface area contributed by atoms with Gasteiger partial charge in [0.05, 0.1) is 26.4 Å². The number of carbonyl (C=O) groups excluding carboxylic acids is 1. The van der Waals surface area contributed by atoms with Crippen molar-refractivity contribution in [3.63, 3.8) is 0 Å². The second-order valence-corrected chi connectivity index (χ2v) is 14.5. The summed E-state index contributed by atoms with van der Waals surface area (Å²) in [5.74, 6) is -0.557. The fourth-order valence-electron chi connectivity index (χ4n) is 6.35. The molecule has 0 bridgehead atoms. The van der Waals surface area contributed by atoms with Crippen LogP contribution in [0.3, 0.4) is 0 Å². The number of ether oxygens (including phenoxy) is 6. The van der Waals surface area contributed by atoms with E-state index >= 15 is 0 Å². The number of aliphatic hydroxyl groups is 7. The van der Waals surface area contributed by atoms with Crippen molar-refractivity contribution >= 4 is 5.97 Å². The molecule has 320 valence electrons. The lowest BCUT2D eigenvalue weighted by Gasteiger charge is -2.42. The Bertz CT molecular complexity index is 1050. The van der Waals surface area contributed by atoms with E-state index in [4.69, 9.17) is 28.4 Å². The minimum Gasteiger partial charge on any atom is -0.458 e. The Hall–Kier alpha value is -1.79. The van der Waals surface area contributed by atoms with Crippen molar-refractivity contribution in [1.29, 1.82) is 0 Å². The maximum Gasteiger partial charge on any atom is 0.303 e. The van der Waals surface area contributed by atoms with Gasteiger partial charge in [0, 0.05) is 13.5 Å². The van der Waals surface area contributed by atoms with E-state index in [0.717, 1.165) is 38.5 Å². The minimum atomic E-state index is -1.70. The predicted molar refractivity (Wildman–Crippen MR) is 206 cm³/mol. The van der Waals surface area contributed by atoms with Gasteiger partial charge < -0.3 is 64.2 Å². The highest BCUT2D eigenvalue weighted by molar-refractivity contribution is 5.66. The van der Waals surface area contributed by atoms with Gasteiger partial charge in [-0.05, 0) is 44.9 Å². The van der Waals surface area contributed by atoms with E-state index in [9.17, 15) is 40.5 Å². The Morgan fingerprint density at radius 2 is 1.09 bits per heavy atom. The summed E-state index contributed by atoms with van der Waals surface area (Å²) in [5.41, 5.74) is 0. The van der Waals surface area contributed by atoms with Crippen molar-refractivity contribution in [2.75, 3.05) is 33.0 Å². The smallest absolute Gasteiger partial charge is 0.303 e. The zero-order valence-corrected chi connectivity index (χ0v) is 33.2. The number of hydrogen-bond acceptors (Lipinski definition) is 14. The van der Waals surface area contributed by atoms with Crippen molar-refractivity contribution in [2.24, 2.45) is 0 Å². The van der Waals surface area contributed by atoms with Crippen LogP contribution in [0.2, 0.25) is 0 Å². The van der Waals surface area contributed by atoms with Crippen molar-refractivity contribution in [3.05, 3.63) is 36.5 Å². The van der Waals surface area contributed by atoms with Crippen LogP contribution in [0.25, 0.3) is 0 Å². The lowest BCUT2D eigenvalue weighted by Crippen LogP contribution is -2.61. The van der Waals surface area contributed by atoms with Crippen molar-refractivity contribution in [1.82, 2.24) is 0 Å². The summed E-state index contributed by atoms with van der Waals surface area (Å²) < 4.78 is 33.0. The van der Waals surface area contributed by atoms with Crippen LogP contribution in [-0.2, 0) is 33.2 Å². The van der Waals surface area contributed by atoms with Crippen LogP contribution in [-0.4, -0.2) is 142 Å². The van der Waals surface area contributed by atoms with Crippen LogP contribution in [0.1, 0.15) is 117 Å². The van der Waals surface area contributed by atoms with Crippen LogP contribution < -0.4 is 0 Å². The van der Waals surface area contributed by atoms with Gasteiger partial charge in [0.15, 0.2) is 12.6 Å². The first-order valence-electron chi connectivity index (χ1n) is 20.5. The zero-order chi connectivity index (χ0) is 40.3. The molecule has 7 N–H and O–H groups in total. The van der Waals surface area contributed by atoms with Gasteiger partial charge in [-0.2, -0.15) is 0 Å². The lowest BCUT2D eigenvalue weighted by atomic mass is 9.98. The number of unbranched alkanes of at least 4 members (excludes halogenated alkanes) is 12. The molecule has 0 aromatic carbocycles. The SMILES string of the molecule is CCCCCCC/C=C\C/C=C\C/C=C\CCCCCCCCCOCC(COC1OC(COC2OC(CO)C(O)C(O)C2O)C(O)C(O)C1O)OC(C)=O. The highest BCUT2D eigenvalue weighted by atomic mass is 16.7. The summed E-state index contributed by atoms with van der Waals surface area (Å²) >= 11 is 0. The quantitative estimate of drug-likeness (QED) is 0.0316. The maximum absolute atomic E-state index is 11.7. The fourth-order valence-corrected chi connectivity index (χ4v) is 6.35. The molecule has 0 radical (unpaired) electrons. The van der Waals surface area contributed by atoms with Gasteiger partial charge in [0.25, 0.3) is 0 Å². The molecular weight excluding hydrogens is 716 g/mol. The highest BCUT2D eigenvalue weighted by Gasteiger charge is 2.47. The molecule has 0 aliphatic carbocycles. The summed E-state index contributed by atoms with van der Waals surface area (Å²) in [4.78, 5) is 11.7. The van der Waals surface area contributed by atoms with E-state index in [0.29, 0.717) is 6.61 Å². The van der Waals surface area contributed by atoms with Gasteiger partial charge in [-0.15, -0.1) is 0 Å². The lowest BCUT2D eigenvalue weighted by molar-refractivity contribution is -0.332. The molecule has 14 heteroatoms. The van der Waals surface area contributed by atoms with Crippen LogP contribution in [0.15, 0.2) is 36.5 Å². The maximum atomic E-state index is 11.7. The van der Waals surface area contributed by atoms with Gasteiger partial charge in [-0.3, -0.25) is 4.79 Å². The molecule has 55 heavy (non-hydrogen) atoms. The molecule has 0 spiro atoms. The summed E-state index contributed by atoms with van der Waals surface area (Å²) in [7, 11) is 0. The number of esters is 1. The molecule has 2 saturated heterocycles. The van der Waals surface area contributed by atoms with E-state index in [-0.39, 0.29) is 13.2 Å². The summed E-state index contributed by atoms with van der Waals surface area (Å²) in [6, 6.07) is 0. The monoisotopic (exact) mass is 788 g/mol. The van der Waals surface area contributed by atoms with E-state index in [1.807, 2.05) is 0 Å². The van der Waals surface area contributed by atoms with Gasteiger partial charge >= 0.3 is 5.97 Å². The molecule has 2 aliphatic heterocycles. The van der Waals surface area contributed by atoms with Crippen molar-refractivity contribution < 1.29 is 69.0 Å². The molecule has 14 nitrogen and oxygen atoms in total. The van der Waals surface area contributed by atoms with E-state index in [1.54, 1.807) is 0 Å². The third-order valence-corrected chi connectivity index (χ3v) is 9.70. The Morgan fingerprint density at radius 3 is 1.65 bits per heavy atom. The van der Waals surface area contributed by atoms with E-state index in [1.165, 1.54) is 71.1 Å². The Morgan fingerprint density at radius 1 is 0.600 bits per heavy atom. The number of rotatable bonds is 30. The summed E-state index contributed by atoms with van der Waals surface area (Å²) in [6.45, 7) is 2.62. The van der Waals surface area contributed by atoms with Crippen LogP contribution >= 0.6 is 0 Å². The predicted octanol–water partition coefficient (Wildman–Crippen LogP) is 3.51. The normalized spacial score (nSPS) is 29.5. The van der Waals surface area contributed by atoms with Gasteiger partial charge in [-0.1, -0.05) is 101 Å². The number of aliphatic hydroxyl groups excluding tert-OH is 7. The molecule has 0 aromatic rings. The van der Waals surface area contributed by atoms with Crippen LogP contribution in [0.5, 0.6) is 0 Å². The zero-order valence-electron chi connectivity index (χ0n) is 33.2. The third kappa shape index (κ3) is 20.5. The van der Waals surface area contributed by atoms with Gasteiger partial charge in [0.2, 0.25) is 0 Å². The largest absolute Gasteiger partial charge is 0.458 e. The number of hydrogen-bond donors (Lipinski definition) is 7. The van der Waals surface area contributed by atoms with E-state index < -0.39 is 86.7 Å². The molecular formula is C41H72O14. The van der Waals surface area contributed by atoms with Crippen molar-refractivity contribution in [3.8, 4) is 0 Å². The average molecular weight is 789 g/mol. The van der Waals surface area contributed by atoms with Crippen molar-refractivity contribution in [2.45, 2.75) is 184 Å². The van der Waals surface area contributed by atoms with Gasteiger partial charge in [-0.25, -0.2) is 0 Å². The number of carbonyl (C=O) groups is 1. The first-order chi connectivity index (χ1) is 26.6. The topological polar surface area (TPSA) is 214 Å². The Kier molecular flexibility index (Phi) is 27.2. The molecule has 11 unspecified atom stereocenters. The molecule has 2 fully saturated rings. The number of allylic oxidation sites excluding steroid dienone is 6. The van der Waals surface area contributed by atoms with Gasteiger partial charge in [0.1, 0.15) is 54.9 Å². The minimum absolute atomic E-state index is 0.0385. The van der Waals surface area contributed by atoms with Crippen LogP contribution in [0, 0.1) is 0 Å². The summed E-state index contributed by atoms with van der Waals surface area (Å²) in [5, 5.41) is 70.9. The standard InChI is InChI=1S/C41H72O14/c1-3-4-5-6-7-8-9-10-11-12-13-14-15-16-17-18-19-20-21-22-23-24-25-50-27-31(53-30(2)43)28-51-40-39(49)37(47)35(45)33(55-40)29-52-41-38(48)36(46)34(44)32(26-42)54-41/h9-10,12-13,15-16,31-42,44-49H,3-8,11,14,17-29H2,1-2H3/b10-9-,13-12-,16-15-. The third-order valence-electron chi connectivity index (χ3n) is 9.70. The highest BCUT2D eigenvalue weighted by Crippen LogP contribution is 2.26. The molecule has 2 rings (SSSR count). The Balaban J connectivity index is 1.56. The van der Waals surface area contributed by atoms with E-state index in [2.05, 4.69) is 43.4 Å². The first kappa shape index (κ1) is 49.4. The second-order valence-electron chi connectivity index (χ2n) is 14.5. The fraction of sp³-hybridized carbons (Fsp3) is 0.829. The molecule has 0 saturated carbocycles. The average Bonchev–Trinajstić information content (AvgIpc) is 3.17. The summed E-state index contributed by atoms with van der Waals surface area (Å²) in [6.07, 6.45) is 16.1. The molecule has 11 atom stereocenters. The first-order valence-corrected chi connectivity index (χ1v) is 20.5. The molecule has 2 aliphatic rings. The Labute approximate surface area is 328 Å². The molecule has 0 aromatic heterocycles. The molecule has 2 heterocycles.